The van der Waals surface area contributed by atoms with Crippen LogP contribution in [0.25, 0.3) is 0 Å². The highest BCUT2D eigenvalue weighted by molar-refractivity contribution is 7.89. The third kappa shape index (κ3) is 5.25. The van der Waals surface area contributed by atoms with E-state index in [1.54, 1.807) is 37.3 Å². The summed E-state index contributed by atoms with van der Waals surface area (Å²) in [4.78, 5) is 12.8. The van der Waals surface area contributed by atoms with Crippen LogP contribution in [0.2, 0.25) is 0 Å². The Bertz CT molecular complexity index is 1130. The van der Waals surface area contributed by atoms with Crippen LogP contribution in [0.15, 0.2) is 77.7 Å². The summed E-state index contributed by atoms with van der Waals surface area (Å²) in [5.74, 6) is 0.138. The van der Waals surface area contributed by atoms with Crippen molar-refractivity contribution in [3.8, 4) is 5.75 Å². The number of amides is 1. The number of hydrogen-bond donors (Lipinski definition) is 2. The highest BCUT2D eigenvalue weighted by Gasteiger charge is 2.19. The lowest BCUT2D eigenvalue weighted by molar-refractivity contribution is 0.102. The van der Waals surface area contributed by atoms with Gasteiger partial charge in [-0.2, -0.15) is 0 Å². The molecule has 0 aliphatic heterocycles. The van der Waals surface area contributed by atoms with E-state index in [0.29, 0.717) is 23.6 Å². The van der Waals surface area contributed by atoms with Crippen molar-refractivity contribution in [1.82, 2.24) is 4.72 Å². The average molecular weight is 425 g/mol. The minimum absolute atomic E-state index is 0.0733. The molecule has 0 aromatic heterocycles. The lowest BCUT2D eigenvalue weighted by atomic mass is 10.1. The maximum Gasteiger partial charge on any atom is 0.255 e. The van der Waals surface area contributed by atoms with Gasteiger partial charge in [-0.3, -0.25) is 4.79 Å². The van der Waals surface area contributed by atoms with E-state index in [4.69, 9.17) is 4.74 Å². The number of ether oxygens (including phenoxy) is 1. The fourth-order valence-corrected chi connectivity index (χ4v) is 4.21. The summed E-state index contributed by atoms with van der Waals surface area (Å²) >= 11 is 0. The number of hydrogen-bond acceptors (Lipinski definition) is 4. The van der Waals surface area contributed by atoms with Crippen molar-refractivity contribution in [3.63, 3.8) is 0 Å². The highest BCUT2D eigenvalue weighted by atomic mass is 32.2. The molecule has 156 valence electrons. The number of benzene rings is 3. The van der Waals surface area contributed by atoms with Crippen molar-refractivity contribution >= 4 is 21.6 Å². The molecular formula is C23H24N2O4S. The number of sulfonamides is 1. The molecule has 0 fully saturated rings. The summed E-state index contributed by atoms with van der Waals surface area (Å²) in [7, 11) is -3.79. The van der Waals surface area contributed by atoms with E-state index in [-0.39, 0.29) is 17.0 Å². The molecule has 0 bridgehead atoms. The minimum atomic E-state index is -3.79. The van der Waals surface area contributed by atoms with Gasteiger partial charge in [0.15, 0.2) is 0 Å². The van der Waals surface area contributed by atoms with Gasteiger partial charge in [0.25, 0.3) is 5.91 Å². The van der Waals surface area contributed by atoms with Crippen LogP contribution in [0.1, 0.15) is 28.4 Å². The summed E-state index contributed by atoms with van der Waals surface area (Å²) in [6, 6.07) is 21.0. The quantitative estimate of drug-likeness (QED) is 0.570. The first-order chi connectivity index (χ1) is 14.4. The first-order valence-corrected chi connectivity index (χ1v) is 11.1. The van der Waals surface area contributed by atoms with Crippen LogP contribution < -0.4 is 14.8 Å². The van der Waals surface area contributed by atoms with Crippen LogP contribution in [0.5, 0.6) is 5.75 Å². The Morgan fingerprint density at radius 2 is 1.67 bits per heavy atom. The standard InChI is InChI=1S/C23H24N2O4S/c1-3-29-21-12-8-7-11-20(21)25-23(26)19-14-13-17(2)22(15-19)30(27,28)24-16-18-9-5-4-6-10-18/h4-15,24H,3,16H2,1-2H3,(H,25,26). The van der Waals surface area contributed by atoms with Crippen molar-refractivity contribution in [2.24, 2.45) is 0 Å². The highest BCUT2D eigenvalue weighted by Crippen LogP contribution is 2.25. The number of anilines is 1. The molecular weight excluding hydrogens is 400 g/mol. The van der Waals surface area contributed by atoms with Gasteiger partial charge >= 0.3 is 0 Å². The summed E-state index contributed by atoms with van der Waals surface area (Å²) in [6.45, 7) is 4.19. The Kier molecular flexibility index (Phi) is 6.87. The Balaban J connectivity index is 1.81. The van der Waals surface area contributed by atoms with Gasteiger partial charge in [-0.15, -0.1) is 0 Å². The summed E-state index contributed by atoms with van der Waals surface area (Å²) in [5.41, 5.74) is 2.17. The molecule has 0 spiro atoms. The monoisotopic (exact) mass is 424 g/mol. The topological polar surface area (TPSA) is 84.5 Å². The molecule has 3 rings (SSSR count). The van der Waals surface area contributed by atoms with Gasteiger partial charge in [0, 0.05) is 12.1 Å². The van der Waals surface area contributed by atoms with Crippen LogP contribution in [-0.4, -0.2) is 20.9 Å². The van der Waals surface area contributed by atoms with Crippen molar-refractivity contribution in [3.05, 3.63) is 89.5 Å². The SMILES string of the molecule is CCOc1ccccc1NC(=O)c1ccc(C)c(S(=O)(=O)NCc2ccccc2)c1. The number of carbonyl (C=O) groups excluding carboxylic acids is 1. The largest absolute Gasteiger partial charge is 0.492 e. The average Bonchev–Trinajstić information content (AvgIpc) is 2.75. The lowest BCUT2D eigenvalue weighted by Gasteiger charge is -2.13. The third-order valence-corrected chi connectivity index (χ3v) is 6.03. The number of rotatable bonds is 8. The first-order valence-electron chi connectivity index (χ1n) is 9.58. The normalized spacial score (nSPS) is 11.1. The zero-order chi connectivity index (χ0) is 21.6. The van der Waals surface area contributed by atoms with Crippen molar-refractivity contribution in [1.29, 1.82) is 0 Å². The van der Waals surface area contributed by atoms with Crippen molar-refractivity contribution < 1.29 is 17.9 Å². The van der Waals surface area contributed by atoms with Crippen LogP contribution >= 0.6 is 0 Å². The van der Waals surface area contributed by atoms with Gasteiger partial charge in [0.05, 0.1) is 17.2 Å². The van der Waals surface area contributed by atoms with Gasteiger partial charge < -0.3 is 10.1 Å². The number of carbonyl (C=O) groups is 1. The van der Waals surface area contributed by atoms with E-state index < -0.39 is 15.9 Å². The molecule has 0 aliphatic rings. The molecule has 0 saturated carbocycles. The van der Waals surface area contributed by atoms with Crippen molar-refractivity contribution in [2.75, 3.05) is 11.9 Å². The van der Waals surface area contributed by atoms with Gasteiger partial charge in [0.2, 0.25) is 10.0 Å². The zero-order valence-electron chi connectivity index (χ0n) is 16.9. The van der Waals surface area contributed by atoms with E-state index >= 15 is 0 Å². The Morgan fingerprint density at radius 3 is 2.40 bits per heavy atom. The maximum atomic E-state index is 12.8. The molecule has 0 saturated heterocycles. The first kappa shape index (κ1) is 21.5. The molecule has 3 aromatic carbocycles. The van der Waals surface area contributed by atoms with Crippen LogP contribution in [0, 0.1) is 6.92 Å². The van der Waals surface area contributed by atoms with Crippen LogP contribution in [0.4, 0.5) is 5.69 Å². The minimum Gasteiger partial charge on any atom is -0.492 e. The molecule has 7 heteroatoms. The van der Waals surface area contributed by atoms with E-state index in [1.165, 1.54) is 6.07 Å². The van der Waals surface area contributed by atoms with Gasteiger partial charge in [-0.25, -0.2) is 13.1 Å². The summed E-state index contributed by atoms with van der Waals surface area (Å²) < 4.78 is 33.8. The van der Waals surface area contributed by atoms with Crippen LogP contribution in [-0.2, 0) is 16.6 Å². The molecule has 0 heterocycles. The predicted molar refractivity (Wildman–Crippen MR) is 117 cm³/mol. The molecule has 3 aromatic rings. The van der Waals surface area contributed by atoms with E-state index in [0.717, 1.165) is 5.56 Å². The Labute approximate surface area is 177 Å². The molecule has 0 aliphatic carbocycles. The molecule has 6 nitrogen and oxygen atoms in total. The molecule has 1 amide bonds. The molecule has 30 heavy (non-hydrogen) atoms. The second-order valence-electron chi connectivity index (χ2n) is 6.67. The second-order valence-corrected chi connectivity index (χ2v) is 8.41. The smallest absolute Gasteiger partial charge is 0.255 e. The summed E-state index contributed by atoms with van der Waals surface area (Å²) in [5, 5.41) is 2.79. The molecule has 0 atom stereocenters. The Morgan fingerprint density at radius 1 is 0.967 bits per heavy atom. The van der Waals surface area contributed by atoms with E-state index in [2.05, 4.69) is 10.0 Å². The predicted octanol–water partition coefficient (Wildman–Crippen LogP) is 4.12. The number of aryl methyl sites for hydroxylation is 1. The van der Waals surface area contributed by atoms with Crippen LogP contribution in [0.3, 0.4) is 0 Å². The van der Waals surface area contributed by atoms with Crippen molar-refractivity contribution in [2.45, 2.75) is 25.3 Å². The third-order valence-electron chi connectivity index (χ3n) is 4.48. The fraction of sp³-hybridized carbons (Fsp3) is 0.174. The maximum absolute atomic E-state index is 12.8. The van der Waals surface area contributed by atoms with E-state index in [1.807, 2.05) is 43.3 Å². The fourth-order valence-electron chi connectivity index (χ4n) is 2.93. The van der Waals surface area contributed by atoms with Gasteiger partial charge in [-0.05, 0) is 49.2 Å². The zero-order valence-corrected chi connectivity index (χ0v) is 17.7. The molecule has 0 radical (unpaired) electrons. The van der Waals surface area contributed by atoms with E-state index in [9.17, 15) is 13.2 Å². The molecule has 2 N–H and O–H groups in total. The van der Waals surface area contributed by atoms with Gasteiger partial charge in [-0.1, -0.05) is 48.5 Å². The molecule has 0 unspecified atom stereocenters. The second kappa shape index (κ2) is 9.56. The number of nitrogens with one attached hydrogen (secondary N) is 2. The number of para-hydroxylation sites is 2. The van der Waals surface area contributed by atoms with Gasteiger partial charge in [0.1, 0.15) is 5.75 Å². The summed E-state index contributed by atoms with van der Waals surface area (Å²) in [6.07, 6.45) is 0. The Hall–Kier alpha value is -3.16. The lowest BCUT2D eigenvalue weighted by Crippen LogP contribution is -2.24.